The van der Waals surface area contributed by atoms with Gasteiger partial charge in [0.15, 0.2) is 5.03 Å². The van der Waals surface area contributed by atoms with Crippen LogP contribution in [0.15, 0.2) is 53.6 Å². The highest BCUT2D eigenvalue weighted by Gasteiger charge is 2.26. The maximum absolute atomic E-state index is 14.5. The molecule has 3 N–H and O–H groups in total. The van der Waals surface area contributed by atoms with E-state index in [1.165, 1.54) is 42.5 Å². The normalized spacial score (nSPS) is 14.6. The third-order valence-corrected chi connectivity index (χ3v) is 7.42. The van der Waals surface area contributed by atoms with Gasteiger partial charge >= 0.3 is 0 Å². The fraction of sp³-hybridized carbons (Fsp3) is 0.393. The second-order valence-electron chi connectivity index (χ2n) is 10.00. The lowest BCUT2D eigenvalue weighted by atomic mass is 10.1. The number of pyridine rings is 2. The summed E-state index contributed by atoms with van der Waals surface area (Å²) < 4.78 is 54.0. The number of hydrogen-bond donors (Lipinski definition) is 2. The summed E-state index contributed by atoms with van der Waals surface area (Å²) in [5, 5.41) is -0.389. The van der Waals surface area contributed by atoms with Gasteiger partial charge in [0.25, 0.3) is 15.9 Å². The zero-order chi connectivity index (χ0) is 28.0. The van der Waals surface area contributed by atoms with Crippen molar-refractivity contribution in [2.75, 3.05) is 12.3 Å². The number of aromatic nitrogens is 2. The van der Waals surface area contributed by atoms with Crippen LogP contribution in [0.2, 0.25) is 0 Å². The molecule has 2 aromatic heterocycles. The number of benzene rings is 1. The number of nitrogens with zero attached hydrogens (tertiary/aromatic N) is 2. The Hall–Kier alpha value is -3.73. The summed E-state index contributed by atoms with van der Waals surface area (Å²) in [4.78, 5) is 21.5. The lowest BCUT2D eigenvalue weighted by Crippen LogP contribution is -2.32. The molecule has 0 radical (unpaired) electrons. The maximum Gasteiger partial charge on any atom is 0.281 e. The van der Waals surface area contributed by atoms with E-state index >= 15 is 0 Å². The largest absolute Gasteiger partial charge is 0.493 e. The Morgan fingerprint density at radius 3 is 2.54 bits per heavy atom. The highest BCUT2D eigenvalue weighted by atomic mass is 32.2. The summed E-state index contributed by atoms with van der Waals surface area (Å²) in [6, 6.07) is 11.3. The van der Waals surface area contributed by atoms with E-state index in [9.17, 15) is 17.6 Å². The zero-order valence-electron chi connectivity index (χ0n) is 22.0. The average Bonchev–Trinajstić information content (AvgIpc) is 3.15. The van der Waals surface area contributed by atoms with E-state index in [-0.39, 0.29) is 37.2 Å². The Labute approximate surface area is 231 Å². The van der Waals surface area contributed by atoms with E-state index in [2.05, 4.69) is 9.97 Å². The number of nitrogens with two attached hydrogens (primary N) is 1. The van der Waals surface area contributed by atoms with Crippen LogP contribution in [0.25, 0.3) is 11.3 Å². The van der Waals surface area contributed by atoms with Crippen LogP contribution in [0.5, 0.6) is 11.6 Å². The Morgan fingerprint density at radius 1 is 1.10 bits per heavy atom. The molecule has 1 fully saturated rings. The smallest absolute Gasteiger partial charge is 0.281 e. The topological polar surface area (TPSA) is 134 Å². The molecule has 1 saturated carbocycles. The van der Waals surface area contributed by atoms with Crippen molar-refractivity contribution in [3.05, 3.63) is 59.9 Å². The van der Waals surface area contributed by atoms with Gasteiger partial charge in [-0.05, 0) is 68.0 Å². The van der Waals surface area contributed by atoms with Crippen molar-refractivity contribution in [3.8, 4) is 22.9 Å². The number of amides is 1. The second kappa shape index (κ2) is 12.4. The Kier molecular flexibility index (Phi) is 9.01. The Bertz CT molecular complexity index is 1430. The first-order valence-corrected chi connectivity index (χ1v) is 14.5. The summed E-state index contributed by atoms with van der Waals surface area (Å²) in [5.74, 6) is -0.841. The molecule has 2 heterocycles. The van der Waals surface area contributed by atoms with Crippen LogP contribution in [0.3, 0.4) is 0 Å². The number of carbonyl (C=O) groups is 1. The maximum atomic E-state index is 14.5. The van der Waals surface area contributed by atoms with Crippen LogP contribution in [0.1, 0.15) is 65.6 Å². The Morgan fingerprint density at radius 2 is 1.85 bits per heavy atom. The fourth-order valence-corrected chi connectivity index (χ4v) is 5.19. The van der Waals surface area contributed by atoms with Crippen molar-refractivity contribution in [1.82, 2.24) is 14.7 Å². The predicted octanol–water partition coefficient (Wildman–Crippen LogP) is 5.61. The summed E-state index contributed by atoms with van der Waals surface area (Å²) in [6.45, 7) is 4.40. The van der Waals surface area contributed by atoms with E-state index in [1.54, 1.807) is 6.07 Å². The van der Waals surface area contributed by atoms with Gasteiger partial charge in [-0.2, -0.15) is 8.42 Å². The third-order valence-electron chi connectivity index (χ3n) is 6.18. The molecule has 0 bridgehead atoms. The number of halogens is 1. The molecule has 0 spiro atoms. The second-order valence-corrected chi connectivity index (χ2v) is 11.6. The van der Waals surface area contributed by atoms with Gasteiger partial charge in [0, 0.05) is 14.5 Å². The fourth-order valence-electron chi connectivity index (χ4n) is 4.25. The molecule has 4 rings (SSSR count). The highest BCUT2D eigenvalue weighted by Crippen LogP contribution is 2.30. The van der Waals surface area contributed by atoms with Crippen molar-refractivity contribution >= 4 is 21.7 Å². The summed E-state index contributed by atoms with van der Waals surface area (Å²) in [5.41, 5.74) is 6.33. The van der Waals surface area contributed by atoms with Crippen molar-refractivity contribution in [2.24, 2.45) is 5.92 Å². The minimum absolute atomic E-state index is 0. The van der Waals surface area contributed by atoms with Crippen LogP contribution in [0, 0.1) is 11.7 Å². The molecular formula is C28H37FN4O5S. The molecular weight excluding hydrogens is 523 g/mol. The van der Waals surface area contributed by atoms with Crippen molar-refractivity contribution < 1.29 is 29.9 Å². The summed E-state index contributed by atoms with van der Waals surface area (Å²) in [7, 11) is -4.31. The standard InChI is InChI=1S/C28H33FN4O5S.2H2/c1-18(2)17-37-22-15-19(14-20(29)16-22)24-13-12-23(28(31-24)38-21-8-5-3-4-6-9-21)27(34)33-39(35,36)26-11-7-10-25(30)32-26;;/h7,10-16,18,21H,3-6,8-9,17H2,1-2H3,(H2,30,32)(H,33,34);2*1H. The van der Waals surface area contributed by atoms with Crippen LogP contribution in [0.4, 0.5) is 10.2 Å². The van der Waals surface area contributed by atoms with Crippen molar-refractivity contribution in [2.45, 2.75) is 63.5 Å². The van der Waals surface area contributed by atoms with Gasteiger partial charge < -0.3 is 15.2 Å². The molecule has 39 heavy (non-hydrogen) atoms. The van der Waals surface area contributed by atoms with Crippen LogP contribution < -0.4 is 19.9 Å². The third kappa shape index (κ3) is 7.66. The Balaban J connectivity index is 0.00000294. The average molecular weight is 561 g/mol. The molecule has 1 aromatic carbocycles. The van der Waals surface area contributed by atoms with Crippen LogP contribution in [-0.4, -0.2) is 37.0 Å². The first-order valence-electron chi connectivity index (χ1n) is 13.0. The molecule has 1 aliphatic carbocycles. The molecule has 1 amide bonds. The number of nitrogen functional groups attached to an aromatic ring is 1. The van der Waals surface area contributed by atoms with E-state index in [0.29, 0.717) is 23.6 Å². The zero-order valence-corrected chi connectivity index (χ0v) is 22.8. The lowest BCUT2D eigenvalue weighted by molar-refractivity contribution is 0.0970. The minimum Gasteiger partial charge on any atom is -0.493 e. The molecule has 0 saturated heterocycles. The summed E-state index contributed by atoms with van der Waals surface area (Å²) in [6.07, 6.45) is 5.51. The molecule has 3 aromatic rings. The molecule has 1 aliphatic rings. The lowest BCUT2D eigenvalue weighted by Gasteiger charge is -2.19. The van der Waals surface area contributed by atoms with E-state index in [1.807, 2.05) is 18.6 Å². The molecule has 0 aliphatic heterocycles. The number of anilines is 1. The van der Waals surface area contributed by atoms with Gasteiger partial charge in [-0.1, -0.05) is 32.8 Å². The molecule has 11 heteroatoms. The first-order chi connectivity index (χ1) is 18.6. The number of carbonyl (C=O) groups excluding carboxylic acids is 1. The van der Waals surface area contributed by atoms with Gasteiger partial charge in [-0.25, -0.2) is 19.1 Å². The molecule has 212 valence electrons. The van der Waals surface area contributed by atoms with Gasteiger partial charge in [-0.15, -0.1) is 0 Å². The number of hydrogen-bond acceptors (Lipinski definition) is 8. The van der Waals surface area contributed by atoms with Gasteiger partial charge in [0.2, 0.25) is 5.88 Å². The first kappa shape index (κ1) is 28.3. The summed E-state index contributed by atoms with van der Waals surface area (Å²) >= 11 is 0. The number of ether oxygens (including phenoxy) is 2. The molecule has 0 atom stereocenters. The van der Waals surface area contributed by atoms with E-state index in [0.717, 1.165) is 38.5 Å². The van der Waals surface area contributed by atoms with Crippen molar-refractivity contribution in [1.29, 1.82) is 0 Å². The van der Waals surface area contributed by atoms with Gasteiger partial charge in [0.1, 0.15) is 29.1 Å². The number of rotatable bonds is 9. The van der Waals surface area contributed by atoms with Crippen molar-refractivity contribution in [3.63, 3.8) is 0 Å². The van der Waals surface area contributed by atoms with E-state index in [4.69, 9.17) is 15.2 Å². The quantitative estimate of drug-likeness (QED) is 0.323. The number of nitrogens with one attached hydrogen (secondary N) is 1. The van der Waals surface area contributed by atoms with Crippen LogP contribution >= 0.6 is 0 Å². The minimum atomic E-state index is -4.31. The molecule has 9 nitrogen and oxygen atoms in total. The van der Waals surface area contributed by atoms with E-state index < -0.39 is 21.7 Å². The van der Waals surface area contributed by atoms with Gasteiger partial charge in [-0.3, -0.25) is 4.79 Å². The molecule has 0 unspecified atom stereocenters. The number of sulfonamides is 1. The monoisotopic (exact) mass is 560 g/mol. The highest BCUT2D eigenvalue weighted by molar-refractivity contribution is 7.90. The predicted molar refractivity (Wildman–Crippen MR) is 150 cm³/mol. The SMILES string of the molecule is CC(C)COc1cc(F)cc(-c2ccc(C(=O)NS(=O)(=O)c3cccc(N)n3)c(OC3CCCCCC3)n2)c1.[HH].[HH]. The van der Waals surface area contributed by atoms with Crippen LogP contribution in [-0.2, 0) is 10.0 Å². The van der Waals surface area contributed by atoms with Gasteiger partial charge in [0.05, 0.1) is 12.3 Å².